The van der Waals surface area contributed by atoms with Crippen molar-refractivity contribution in [2.24, 2.45) is 0 Å². The van der Waals surface area contributed by atoms with Gasteiger partial charge in [-0.2, -0.15) is 13.2 Å². The highest BCUT2D eigenvalue weighted by atomic mass is 35.5. The minimum absolute atomic E-state index is 0.148. The summed E-state index contributed by atoms with van der Waals surface area (Å²) in [6, 6.07) is 4.79. The SMILES string of the molecule is OCc1nc(C(F)(F)F)ccc1-c1cc(Cl)c(Cl)cc1Cl. The number of alkyl halides is 3. The molecule has 2 nitrogen and oxygen atoms in total. The Morgan fingerprint density at radius 3 is 2.14 bits per heavy atom. The summed E-state index contributed by atoms with van der Waals surface area (Å²) in [4.78, 5) is 3.42. The Bertz CT molecular complexity index is 689. The molecule has 0 atom stereocenters. The highest BCUT2D eigenvalue weighted by Crippen LogP contribution is 2.37. The fraction of sp³-hybridized carbons (Fsp3) is 0.154. The van der Waals surface area contributed by atoms with Crippen molar-refractivity contribution in [2.75, 3.05) is 0 Å². The molecule has 2 aromatic rings. The van der Waals surface area contributed by atoms with Crippen molar-refractivity contribution in [1.82, 2.24) is 4.98 Å². The van der Waals surface area contributed by atoms with Crippen LogP contribution in [0.4, 0.5) is 13.2 Å². The van der Waals surface area contributed by atoms with Gasteiger partial charge in [0.25, 0.3) is 0 Å². The number of aromatic nitrogens is 1. The molecule has 0 saturated heterocycles. The van der Waals surface area contributed by atoms with Crippen LogP contribution in [0, 0.1) is 0 Å². The Hall–Kier alpha value is -1.01. The first kappa shape index (κ1) is 16.4. The van der Waals surface area contributed by atoms with Gasteiger partial charge in [0.15, 0.2) is 0 Å². The molecule has 0 aliphatic carbocycles. The van der Waals surface area contributed by atoms with Crippen molar-refractivity contribution in [3.8, 4) is 11.1 Å². The highest BCUT2D eigenvalue weighted by molar-refractivity contribution is 6.44. The summed E-state index contributed by atoms with van der Waals surface area (Å²) in [5.74, 6) is 0. The molecule has 0 fully saturated rings. The van der Waals surface area contributed by atoms with Gasteiger partial charge in [-0.15, -0.1) is 0 Å². The number of aliphatic hydroxyl groups excluding tert-OH is 1. The third-order valence-corrected chi connectivity index (χ3v) is 3.75. The second-order valence-electron chi connectivity index (χ2n) is 4.09. The molecule has 0 bridgehead atoms. The van der Waals surface area contributed by atoms with Crippen LogP contribution in [-0.4, -0.2) is 10.1 Å². The molecule has 0 saturated carbocycles. The van der Waals surface area contributed by atoms with E-state index in [1.165, 1.54) is 18.2 Å². The number of rotatable bonds is 2. The average molecular weight is 357 g/mol. The van der Waals surface area contributed by atoms with Crippen LogP contribution in [0.15, 0.2) is 24.3 Å². The summed E-state index contributed by atoms with van der Waals surface area (Å²) in [5, 5.41) is 9.86. The second kappa shape index (κ2) is 6.01. The summed E-state index contributed by atoms with van der Waals surface area (Å²) >= 11 is 17.7. The van der Waals surface area contributed by atoms with Crippen LogP contribution in [0.5, 0.6) is 0 Å². The number of pyridine rings is 1. The Labute approximate surface area is 133 Å². The molecular formula is C13H7Cl3F3NO. The lowest BCUT2D eigenvalue weighted by atomic mass is 10.0. The van der Waals surface area contributed by atoms with Crippen LogP contribution in [0.3, 0.4) is 0 Å². The molecule has 112 valence electrons. The molecule has 2 rings (SSSR count). The fourth-order valence-electron chi connectivity index (χ4n) is 1.75. The van der Waals surface area contributed by atoms with Gasteiger partial charge in [-0.1, -0.05) is 40.9 Å². The Balaban J connectivity index is 2.62. The maximum Gasteiger partial charge on any atom is 0.433 e. The third-order valence-electron chi connectivity index (χ3n) is 2.71. The van der Waals surface area contributed by atoms with Crippen LogP contribution in [-0.2, 0) is 12.8 Å². The quantitative estimate of drug-likeness (QED) is 0.748. The zero-order chi connectivity index (χ0) is 15.8. The van der Waals surface area contributed by atoms with Crippen LogP contribution >= 0.6 is 34.8 Å². The van der Waals surface area contributed by atoms with Crippen LogP contribution in [0.25, 0.3) is 11.1 Å². The van der Waals surface area contributed by atoms with Crippen molar-refractivity contribution in [2.45, 2.75) is 12.8 Å². The minimum Gasteiger partial charge on any atom is -0.390 e. The predicted molar refractivity (Wildman–Crippen MR) is 75.6 cm³/mol. The first-order valence-corrected chi connectivity index (χ1v) is 6.70. The standard InChI is InChI=1S/C13H7Cl3F3NO/c14-8-4-10(16)9(15)3-7(8)6-1-2-12(13(17,18)19)20-11(6)5-21/h1-4,21H,5H2. The highest BCUT2D eigenvalue weighted by Gasteiger charge is 2.33. The molecule has 1 N–H and O–H groups in total. The molecular weight excluding hydrogens is 350 g/mol. The van der Waals surface area contributed by atoms with Gasteiger partial charge in [0.1, 0.15) is 5.69 Å². The minimum atomic E-state index is -4.59. The van der Waals surface area contributed by atoms with Crippen molar-refractivity contribution < 1.29 is 18.3 Å². The molecule has 21 heavy (non-hydrogen) atoms. The second-order valence-corrected chi connectivity index (χ2v) is 5.31. The largest absolute Gasteiger partial charge is 0.433 e. The molecule has 0 unspecified atom stereocenters. The van der Waals surface area contributed by atoms with Crippen LogP contribution in [0.1, 0.15) is 11.4 Å². The molecule has 0 spiro atoms. The fourth-order valence-corrected chi connectivity index (χ4v) is 2.40. The number of aliphatic hydroxyl groups is 1. The molecule has 1 aromatic carbocycles. The number of nitrogens with zero attached hydrogens (tertiary/aromatic N) is 1. The van der Waals surface area contributed by atoms with Crippen molar-refractivity contribution in [3.05, 3.63) is 50.7 Å². The van der Waals surface area contributed by atoms with E-state index in [1.54, 1.807) is 0 Å². The topological polar surface area (TPSA) is 33.1 Å². The van der Waals surface area contributed by atoms with Gasteiger partial charge in [-0.3, -0.25) is 0 Å². The van der Waals surface area contributed by atoms with Gasteiger partial charge in [-0.25, -0.2) is 4.98 Å². The molecule has 0 amide bonds. The summed E-state index contributed by atoms with van der Waals surface area (Å²) in [5.41, 5.74) is -0.637. The first-order chi connectivity index (χ1) is 9.74. The predicted octanol–water partition coefficient (Wildman–Crippen LogP) is 5.22. The molecule has 1 heterocycles. The van der Waals surface area contributed by atoms with Crippen LogP contribution < -0.4 is 0 Å². The van der Waals surface area contributed by atoms with E-state index in [9.17, 15) is 18.3 Å². The van der Waals surface area contributed by atoms with Crippen molar-refractivity contribution in [3.63, 3.8) is 0 Å². The van der Waals surface area contributed by atoms with E-state index in [1.807, 2.05) is 0 Å². The van der Waals surface area contributed by atoms with Gasteiger partial charge in [0, 0.05) is 11.1 Å². The van der Waals surface area contributed by atoms with E-state index >= 15 is 0 Å². The smallest absolute Gasteiger partial charge is 0.390 e. The summed E-state index contributed by atoms with van der Waals surface area (Å²) < 4.78 is 37.9. The monoisotopic (exact) mass is 355 g/mol. The van der Waals surface area contributed by atoms with Gasteiger partial charge >= 0.3 is 6.18 Å². The third kappa shape index (κ3) is 3.43. The lowest BCUT2D eigenvalue weighted by Crippen LogP contribution is -2.10. The van der Waals surface area contributed by atoms with E-state index in [0.29, 0.717) is 5.56 Å². The van der Waals surface area contributed by atoms with Gasteiger partial charge < -0.3 is 5.11 Å². The molecule has 8 heteroatoms. The van der Waals surface area contributed by atoms with Gasteiger partial charge in [0.2, 0.25) is 0 Å². The van der Waals surface area contributed by atoms with E-state index in [4.69, 9.17) is 34.8 Å². The van der Waals surface area contributed by atoms with Gasteiger partial charge in [0.05, 0.1) is 27.4 Å². The lowest BCUT2D eigenvalue weighted by Gasteiger charge is -2.13. The molecule has 0 radical (unpaired) electrons. The Morgan fingerprint density at radius 1 is 0.952 bits per heavy atom. The number of hydrogen-bond acceptors (Lipinski definition) is 2. The average Bonchev–Trinajstić information content (AvgIpc) is 2.41. The summed E-state index contributed by atoms with van der Waals surface area (Å²) in [7, 11) is 0. The molecule has 1 aromatic heterocycles. The number of benzene rings is 1. The van der Waals surface area contributed by atoms with Crippen molar-refractivity contribution >= 4 is 34.8 Å². The maximum atomic E-state index is 12.6. The zero-order valence-corrected chi connectivity index (χ0v) is 12.4. The first-order valence-electron chi connectivity index (χ1n) is 5.57. The summed E-state index contributed by atoms with van der Waals surface area (Å²) in [6.45, 7) is -0.671. The van der Waals surface area contributed by atoms with E-state index in [-0.39, 0.29) is 26.3 Å². The number of halogens is 6. The van der Waals surface area contributed by atoms with Crippen LogP contribution in [0.2, 0.25) is 15.1 Å². The zero-order valence-electron chi connectivity index (χ0n) is 10.2. The maximum absolute atomic E-state index is 12.6. The summed E-state index contributed by atoms with van der Waals surface area (Å²) in [6.07, 6.45) is -4.59. The van der Waals surface area contributed by atoms with E-state index in [0.717, 1.165) is 6.07 Å². The van der Waals surface area contributed by atoms with E-state index < -0.39 is 18.5 Å². The Morgan fingerprint density at radius 2 is 1.57 bits per heavy atom. The van der Waals surface area contributed by atoms with Crippen molar-refractivity contribution in [1.29, 1.82) is 0 Å². The van der Waals surface area contributed by atoms with E-state index in [2.05, 4.69) is 4.98 Å². The van der Waals surface area contributed by atoms with Gasteiger partial charge in [-0.05, 0) is 18.2 Å². The Kier molecular flexibility index (Phi) is 4.68. The lowest BCUT2D eigenvalue weighted by molar-refractivity contribution is -0.141. The molecule has 0 aliphatic heterocycles. The molecule has 0 aliphatic rings. The normalized spacial score (nSPS) is 11.8. The number of hydrogen-bond donors (Lipinski definition) is 1.